The molecule has 1 aliphatic heterocycles. The van der Waals surface area contributed by atoms with Gasteiger partial charge in [0, 0.05) is 0 Å². The average molecular weight is 277 g/mol. The molecule has 0 unspecified atom stereocenters. The largest absolute Gasteiger partial charge is 0.477 e. The maximum Gasteiger partial charge on any atom is 0.347 e. The molecule has 0 saturated carbocycles. The highest BCUT2D eigenvalue weighted by Gasteiger charge is 2.15. The Kier molecular flexibility index (Phi) is 3.08. The Morgan fingerprint density at radius 3 is 3.00 bits per heavy atom. The van der Waals surface area contributed by atoms with Crippen LogP contribution in [0.1, 0.15) is 20.9 Å². The van der Waals surface area contributed by atoms with Crippen LogP contribution < -0.4 is 9.47 Å². The van der Waals surface area contributed by atoms with Gasteiger partial charge < -0.3 is 14.6 Å². The van der Waals surface area contributed by atoms with Crippen LogP contribution in [0.15, 0.2) is 23.7 Å². The van der Waals surface area contributed by atoms with Gasteiger partial charge in [-0.1, -0.05) is 6.07 Å². The molecule has 5 nitrogen and oxygen atoms in total. The fourth-order valence-corrected chi connectivity index (χ4v) is 2.66. The van der Waals surface area contributed by atoms with Crippen molar-refractivity contribution in [2.45, 2.75) is 12.8 Å². The molecule has 0 amide bonds. The molecule has 0 fully saturated rings. The number of ether oxygens (including phenoxy) is 2. The lowest BCUT2D eigenvalue weighted by Gasteiger charge is -2.02. The molecule has 1 aromatic heterocycles. The number of aryl methyl sites for hydroxylation is 2. The van der Waals surface area contributed by atoms with E-state index in [9.17, 15) is 4.79 Å². The van der Waals surface area contributed by atoms with Crippen LogP contribution in [-0.2, 0) is 12.8 Å². The zero-order valence-corrected chi connectivity index (χ0v) is 10.8. The van der Waals surface area contributed by atoms with E-state index in [2.05, 4.69) is 4.98 Å². The van der Waals surface area contributed by atoms with Gasteiger partial charge >= 0.3 is 5.97 Å². The van der Waals surface area contributed by atoms with Crippen LogP contribution >= 0.6 is 11.3 Å². The first kappa shape index (κ1) is 12.0. The first-order valence-corrected chi connectivity index (χ1v) is 6.66. The highest BCUT2D eigenvalue weighted by Crippen LogP contribution is 2.32. The van der Waals surface area contributed by atoms with Gasteiger partial charge in [-0.15, -0.1) is 11.3 Å². The molecular weight excluding hydrogens is 266 g/mol. The van der Waals surface area contributed by atoms with E-state index in [4.69, 9.17) is 14.6 Å². The van der Waals surface area contributed by atoms with Crippen molar-refractivity contribution in [2.24, 2.45) is 0 Å². The topological polar surface area (TPSA) is 68.7 Å². The number of aromatic nitrogens is 1. The smallest absolute Gasteiger partial charge is 0.347 e. The maximum absolute atomic E-state index is 11.0. The monoisotopic (exact) mass is 277 g/mol. The van der Waals surface area contributed by atoms with Crippen molar-refractivity contribution >= 4 is 17.3 Å². The van der Waals surface area contributed by atoms with Crippen molar-refractivity contribution in [1.82, 2.24) is 4.98 Å². The van der Waals surface area contributed by atoms with Crippen molar-refractivity contribution < 1.29 is 19.4 Å². The molecule has 1 N–H and O–H groups in total. The van der Waals surface area contributed by atoms with Gasteiger partial charge in [0.25, 0.3) is 0 Å². The molecule has 2 heterocycles. The highest BCUT2D eigenvalue weighted by atomic mass is 32.1. The number of carboxylic acids is 1. The summed E-state index contributed by atoms with van der Waals surface area (Å²) in [6, 6.07) is 5.76. The zero-order valence-electron chi connectivity index (χ0n) is 9.96. The van der Waals surface area contributed by atoms with Crippen molar-refractivity contribution in [2.75, 3.05) is 6.79 Å². The van der Waals surface area contributed by atoms with Gasteiger partial charge in [0.2, 0.25) is 6.79 Å². The second-order valence-corrected chi connectivity index (χ2v) is 4.98. The molecule has 0 spiro atoms. The van der Waals surface area contributed by atoms with E-state index in [-0.39, 0.29) is 6.79 Å². The molecule has 1 aromatic carbocycles. The number of thiazole rings is 1. The molecule has 6 heteroatoms. The number of nitrogens with zero attached hydrogens (tertiary/aromatic N) is 1. The summed E-state index contributed by atoms with van der Waals surface area (Å²) in [6.45, 7) is 0.258. The molecule has 0 saturated heterocycles. The van der Waals surface area contributed by atoms with Crippen LogP contribution in [0.4, 0.5) is 0 Å². The molecule has 3 rings (SSSR count). The number of benzene rings is 1. The zero-order chi connectivity index (χ0) is 13.2. The number of fused-ring (bicyclic) bond motifs is 1. The Balaban J connectivity index is 1.72. The fourth-order valence-electron chi connectivity index (χ4n) is 1.98. The van der Waals surface area contributed by atoms with Gasteiger partial charge in [-0.25, -0.2) is 9.78 Å². The third-order valence-electron chi connectivity index (χ3n) is 2.92. The SMILES string of the molecule is O=C(O)c1scnc1CCc1ccc2c(c1)OCO2. The van der Waals surface area contributed by atoms with Crippen LogP contribution in [0.25, 0.3) is 0 Å². The van der Waals surface area contributed by atoms with Gasteiger partial charge in [-0.2, -0.15) is 0 Å². The molecule has 98 valence electrons. The van der Waals surface area contributed by atoms with E-state index in [1.54, 1.807) is 5.51 Å². The second kappa shape index (κ2) is 4.89. The minimum absolute atomic E-state index is 0.258. The number of aromatic carboxylic acids is 1. The molecule has 0 atom stereocenters. The summed E-state index contributed by atoms with van der Waals surface area (Å²) < 4.78 is 10.6. The van der Waals surface area contributed by atoms with Crippen LogP contribution in [0.5, 0.6) is 11.5 Å². The molecule has 19 heavy (non-hydrogen) atoms. The number of carbonyl (C=O) groups is 1. The van der Waals surface area contributed by atoms with E-state index in [1.807, 2.05) is 18.2 Å². The third-order valence-corrected chi connectivity index (χ3v) is 3.78. The molecular formula is C13H11NO4S. The van der Waals surface area contributed by atoms with Crippen LogP contribution in [-0.4, -0.2) is 22.9 Å². The van der Waals surface area contributed by atoms with Crippen molar-refractivity contribution in [3.05, 3.63) is 39.8 Å². The molecule has 2 aromatic rings. The normalized spacial score (nSPS) is 12.6. The molecule has 1 aliphatic rings. The van der Waals surface area contributed by atoms with Gasteiger partial charge in [-0.3, -0.25) is 0 Å². The Labute approximate surface area is 113 Å². The van der Waals surface area contributed by atoms with E-state index in [0.717, 1.165) is 34.8 Å². The van der Waals surface area contributed by atoms with E-state index >= 15 is 0 Å². The molecule has 0 bridgehead atoms. The Bertz CT molecular complexity index is 623. The van der Waals surface area contributed by atoms with Crippen LogP contribution in [0.3, 0.4) is 0 Å². The van der Waals surface area contributed by atoms with Gasteiger partial charge in [0.05, 0.1) is 11.2 Å². The van der Waals surface area contributed by atoms with Crippen molar-refractivity contribution in [3.63, 3.8) is 0 Å². The number of rotatable bonds is 4. The van der Waals surface area contributed by atoms with E-state index < -0.39 is 5.97 Å². The van der Waals surface area contributed by atoms with Crippen LogP contribution in [0, 0.1) is 0 Å². The quantitative estimate of drug-likeness (QED) is 0.929. The number of hydrogen-bond donors (Lipinski definition) is 1. The molecule has 0 radical (unpaired) electrons. The highest BCUT2D eigenvalue weighted by molar-refractivity contribution is 7.11. The van der Waals surface area contributed by atoms with Gasteiger partial charge in [0.1, 0.15) is 4.88 Å². The summed E-state index contributed by atoms with van der Waals surface area (Å²) in [4.78, 5) is 15.4. The number of hydrogen-bond acceptors (Lipinski definition) is 5. The lowest BCUT2D eigenvalue weighted by atomic mass is 10.1. The van der Waals surface area contributed by atoms with Gasteiger partial charge in [0.15, 0.2) is 11.5 Å². The predicted octanol–water partition coefficient (Wildman–Crippen LogP) is 2.36. The summed E-state index contributed by atoms with van der Waals surface area (Å²) in [6.07, 6.45) is 1.32. The Morgan fingerprint density at radius 1 is 1.32 bits per heavy atom. The first-order chi connectivity index (χ1) is 9.24. The summed E-state index contributed by atoms with van der Waals surface area (Å²) in [7, 11) is 0. The standard InChI is InChI=1S/C13H11NO4S/c15-13(16)12-9(14-6-19-12)3-1-8-2-4-10-11(5-8)18-7-17-10/h2,4-6H,1,3,7H2,(H,15,16). The fraction of sp³-hybridized carbons (Fsp3) is 0.231. The average Bonchev–Trinajstić information content (AvgIpc) is 3.04. The summed E-state index contributed by atoms with van der Waals surface area (Å²) >= 11 is 1.16. The first-order valence-electron chi connectivity index (χ1n) is 5.78. The van der Waals surface area contributed by atoms with Crippen molar-refractivity contribution in [3.8, 4) is 11.5 Å². The second-order valence-electron chi connectivity index (χ2n) is 4.12. The van der Waals surface area contributed by atoms with E-state index in [0.29, 0.717) is 17.0 Å². The summed E-state index contributed by atoms with van der Waals surface area (Å²) in [5, 5.41) is 9.01. The molecule has 0 aliphatic carbocycles. The third kappa shape index (κ3) is 2.39. The Morgan fingerprint density at radius 2 is 2.16 bits per heavy atom. The predicted molar refractivity (Wildman–Crippen MR) is 69.0 cm³/mol. The minimum atomic E-state index is -0.914. The Hall–Kier alpha value is -2.08. The summed E-state index contributed by atoms with van der Waals surface area (Å²) in [5.74, 6) is 0.584. The maximum atomic E-state index is 11.0. The van der Waals surface area contributed by atoms with Crippen molar-refractivity contribution in [1.29, 1.82) is 0 Å². The lowest BCUT2D eigenvalue weighted by Crippen LogP contribution is -2.01. The van der Waals surface area contributed by atoms with Gasteiger partial charge in [-0.05, 0) is 30.5 Å². The lowest BCUT2D eigenvalue weighted by molar-refractivity contribution is 0.0700. The minimum Gasteiger partial charge on any atom is -0.477 e. The van der Waals surface area contributed by atoms with Crippen LogP contribution in [0.2, 0.25) is 0 Å². The van der Waals surface area contributed by atoms with E-state index in [1.165, 1.54) is 0 Å². The number of carboxylic acid groups (broad SMARTS) is 1. The summed E-state index contributed by atoms with van der Waals surface area (Å²) in [5.41, 5.74) is 3.28.